The van der Waals surface area contributed by atoms with Crippen LogP contribution in [0.4, 0.5) is 5.82 Å². The van der Waals surface area contributed by atoms with Crippen molar-refractivity contribution in [3.63, 3.8) is 0 Å². The molecular formula is C17H19N3O2. The van der Waals surface area contributed by atoms with Gasteiger partial charge in [-0.25, -0.2) is 9.78 Å². The van der Waals surface area contributed by atoms with E-state index < -0.39 is 5.97 Å². The molecule has 2 aromatic rings. The summed E-state index contributed by atoms with van der Waals surface area (Å²) in [7, 11) is 0. The van der Waals surface area contributed by atoms with E-state index in [1.165, 1.54) is 11.8 Å². The molecule has 0 saturated carbocycles. The fraction of sp³-hybridized carbons (Fsp3) is 0.353. The fourth-order valence-corrected chi connectivity index (χ4v) is 2.95. The largest absolute Gasteiger partial charge is 0.478 e. The highest BCUT2D eigenvalue weighted by Gasteiger charge is 2.27. The number of aromatic carboxylic acids is 1. The van der Waals surface area contributed by atoms with E-state index in [-0.39, 0.29) is 5.56 Å². The lowest BCUT2D eigenvalue weighted by Gasteiger charge is -2.17. The SMILES string of the molecule is CC(C)Nc1ncccc1C1Cc2cc(C(=O)O)cnc2C1. The molecule has 5 nitrogen and oxygen atoms in total. The average molecular weight is 297 g/mol. The van der Waals surface area contributed by atoms with Crippen molar-refractivity contribution < 1.29 is 9.90 Å². The number of anilines is 1. The highest BCUT2D eigenvalue weighted by molar-refractivity contribution is 5.87. The molecule has 0 radical (unpaired) electrons. The van der Waals surface area contributed by atoms with Gasteiger partial charge in [-0.05, 0) is 55.9 Å². The van der Waals surface area contributed by atoms with Crippen molar-refractivity contribution in [3.05, 3.63) is 53.0 Å². The van der Waals surface area contributed by atoms with Gasteiger partial charge in [-0.3, -0.25) is 4.98 Å². The van der Waals surface area contributed by atoms with E-state index in [1.54, 1.807) is 12.3 Å². The molecule has 1 aliphatic rings. The third kappa shape index (κ3) is 2.79. The number of aromatic nitrogens is 2. The fourth-order valence-electron chi connectivity index (χ4n) is 2.95. The van der Waals surface area contributed by atoms with Gasteiger partial charge in [0.15, 0.2) is 0 Å². The minimum absolute atomic E-state index is 0.256. The molecule has 2 aromatic heterocycles. The highest BCUT2D eigenvalue weighted by Crippen LogP contribution is 2.36. The summed E-state index contributed by atoms with van der Waals surface area (Å²) in [6, 6.07) is 6.09. The van der Waals surface area contributed by atoms with Gasteiger partial charge in [0, 0.05) is 24.1 Å². The van der Waals surface area contributed by atoms with Gasteiger partial charge in [0.2, 0.25) is 0 Å². The number of nitrogens with zero attached hydrogens (tertiary/aromatic N) is 2. The van der Waals surface area contributed by atoms with Gasteiger partial charge >= 0.3 is 5.97 Å². The molecule has 0 fully saturated rings. The summed E-state index contributed by atoms with van der Waals surface area (Å²) in [5.41, 5.74) is 3.45. The van der Waals surface area contributed by atoms with E-state index in [2.05, 4.69) is 35.2 Å². The second-order valence-electron chi connectivity index (χ2n) is 5.98. The van der Waals surface area contributed by atoms with Crippen molar-refractivity contribution in [1.82, 2.24) is 9.97 Å². The first-order valence-corrected chi connectivity index (χ1v) is 7.47. The number of fused-ring (bicyclic) bond motifs is 1. The van der Waals surface area contributed by atoms with E-state index in [0.717, 1.165) is 29.9 Å². The molecule has 1 unspecified atom stereocenters. The first-order chi connectivity index (χ1) is 10.5. The van der Waals surface area contributed by atoms with Crippen LogP contribution >= 0.6 is 0 Å². The van der Waals surface area contributed by atoms with Crippen LogP contribution < -0.4 is 5.32 Å². The Hall–Kier alpha value is -2.43. The molecule has 22 heavy (non-hydrogen) atoms. The molecule has 1 aliphatic carbocycles. The Morgan fingerprint density at radius 3 is 2.91 bits per heavy atom. The van der Waals surface area contributed by atoms with Crippen LogP contribution in [0.5, 0.6) is 0 Å². The Bertz CT molecular complexity index is 713. The van der Waals surface area contributed by atoms with Gasteiger partial charge in [0.05, 0.1) is 5.56 Å². The smallest absolute Gasteiger partial charge is 0.337 e. The van der Waals surface area contributed by atoms with Crippen LogP contribution in [0, 0.1) is 0 Å². The van der Waals surface area contributed by atoms with Crippen LogP contribution in [0.2, 0.25) is 0 Å². The Morgan fingerprint density at radius 1 is 1.36 bits per heavy atom. The standard InChI is InChI=1S/C17H19N3O2/c1-10(2)20-16-14(4-3-5-18-16)11-6-12-7-13(17(21)22)9-19-15(12)8-11/h3-5,7,9-11H,6,8H2,1-2H3,(H,18,20)(H,21,22). The first-order valence-electron chi connectivity index (χ1n) is 7.47. The van der Waals surface area contributed by atoms with Crippen molar-refractivity contribution in [2.75, 3.05) is 5.32 Å². The highest BCUT2D eigenvalue weighted by atomic mass is 16.4. The number of nitrogens with one attached hydrogen (secondary N) is 1. The molecule has 0 amide bonds. The topological polar surface area (TPSA) is 75.1 Å². The molecule has 0 bridgehead atoms. The molecule has 0 saturated heterocycles. The number of hydrogen-bond donors (Lipinski definition) is 2. The van der Waals surface area contributed by atoms with Crippen molar-refractivity contribution >= 4 is 11.8 Å². The minimum atomic E-state index is -0.928. The summed E-state index contributed by atoms with van der Waals surface area (Å²) >= 11 is 0. The third-order valence-electron chi connectivity index (χ3n) is 3.92. The van der Waals surface area contributed by atoms with E-state index in [1.807, 2.05) is 6.07 Å². The molecule has 3 rings (SSSR count). The van der Waals surface area contributed by atoms with Crippen molar-refractivity contribution in [3.8, 4) is 0 Å². The third-order valence-corrected chi connectivity index (χ3v) is 3.92. The first kappa shape index (κ1) is 14.5. The summed E-state index contributed by atoms with van der Waals surface area (Å²) in [5.74, 6) is 0.276. The van der Waals surface area contributed by atoms with Crippen LogP contribution in [0.25, 0.3) is 0 Å². The number of hydrogen-bond acceptors (Lipinski definition) is 4. The van der Waals surface area contributed by atoms with Crippen LogP contribution in [0.3, 0.4) is 0 Å². The number of carbonyl (C=O) groups is 1. The maximum absolute atomic E-state index is 11.1. The van der Waals surface area contributed by atoms with Gasteiger partial charge < -0.3 is 10.4 Å². The normalized spacial score (nSPS) is 16.6. The lowest BCUT2D eigenvalue weighted by atomic mass is 9.96. The summed E-state index contributed by atoms with van der Waals surface area (Å²) in [6.45, 7) is 4.17. The zero-order chi connectivity index (χ0) is 15.7. The van der Waals surface area contributed by atoms with E-state index in [0.29, 0.717) is 12.0 Å². The Labute approximate surface area is 129 Å². The lowest BCUT2D eigenvalue weighted by molar-refractivity contribution is 0.0696. The Balaban J connectivity index is 1.88. The van der Waals surface area contributed by atoms with Gasteiger partial charge in [-0.1, -0.05) is 6.07 Å². The molecule has 1 atom stereocenters. The molecule has 114 valence electrons. The summed E-state index contributed by atoms with van der Waals surface area (Å²) in [5, 5.41) is 12.5. The second kappa shape index (κ2) is 5.75. The van der Waals surface area contributed by atoms with Crippen LogP contribution in [-0.2, 0) is 12.8 Å². The molecule has 5 heteroatoms. The van der Waals surface area contributed by atoms with E-state index in [4.69, 9.17) is 5.11 Å². The van der Waals surface area contributed by atoms with Gasteiger partial charge in [0.25, 0.3) is 0 Å². The molecule has 0 aliphatic heterocycles. The maximum atomic E-state index is 11.1. The lowest BCUT2D eigenvalue weighted by Crippen LogP contribution is -2.14. The summed E-state index contributed by atoms with van der Waals surface area (Å²) < 4.78 is 0. The van der Waals surface area contributed by atoms with Gasteiger partial charge in [-0.2, -0.15) is 0 Å². The van der Waals surface area contributed by atoms with Gasteiger partial charge in [0.1, 0.15) is 5.82 Å². The van der Waals surface area contributed by atoms with Crippen LogP contribution in [0.1, 0.15) is 46.9 Å². The zero-order valence-corrected chi connectivity index (χ0v) is 12.7. The predicted octanol–water partition coefficient (Wildman–Crippen LogP) is 2.88. The minimum Gasteiger partial charge on any atom is -0.478 e. The Morgan fingerprint density at radius 2 is 2.18 bits per heavy atom. The van der Waals surface area contributed by atoms with E-state index in [9.17, 15) is 4.79 Å². The molecule has 2 heterocycles. The number of pyridine rings is 2. The molecule has 0 aromatic carbocycles. The van der Waals surface area contributed by atoms with Gasteiger partial charge in [-0.15, -0.1) is 0 Å². The summed E-state index contributed by atoms with van der Waals surface area (Å²) in [6.07, 6.45) is 4.87. The predicted molar refractivity (Wildman–Crippen MR) is 84.3 cm³/mol. The maximum Gasteiger partial charge on any atom is 0.337 e. The number of carboxylic acid groups (broad SMARTS) is 1. The zero-order valence-electron chi connectivity index (χ0n) is 12.7. The second-order valence-corrected chi connectivity index (χ2v) is 5.98. The van der Waals surface area contributed by atoms with Crippen molar-refractivity contribution in [2.24, 2.45) is 0 Å². The summed E-state index contributed by atoms with van der Waals surface area (Å²) in [4.78, 5) is 19.8. The average Bonchev–Trinajstić information content (AvgIpc) is 2.89. The quantitative estimate of drug-likeness (QED) is 0.907. The van der Waals surface area contributed by atoms with Crippen molar-refractivity contribution in [1.29, 1.82) is 0 Å². The number of rotatable bonds is 4. The molecule has 0 spiro atoms. The monoisotopic (exact) mass is 297 g/mol. The molecular weight excluding hydrogens is 278 g/mol. The Kier molecular flexibility index (Phi) is 3.79. The van der Waals surface area contributed by atoms with Crippen LogP contribution in [-0.4, -0.2) is 27.1 Å². The van der Waals surface area contributed by atoms with Crippen molar-refractivity contribution in [2.45, 2.75) is 38.6 Å². The molecule has 2 N–H and O–H groups in total. The van der Waals surface area contributed by atoms with E-state index >= 15 is 0 Å². The number of carboxylic acids is 1. The van der Waals surface area contributed by atoms with Crippen LogP contribution in [0.15, 0.2) is 30.6 Å².